The van der Waals surface area contributed by atoms with E-state index in [0.29, 0.717) is 15.8 Å². The van der Waals surface area contributed by atoms with Crippen LogP contribution < -0.4 is 4.74 Å². The first-order valence-corrected chi connectivity index (χ1v) is 7.33. The lowest BCUT2D eigenvalue weighted by atomic mass is 10.2. The lowest BCUT2D eigenvalue weighted by Gasteiger charge is -2.11. The summed E-state index contributed by atoms with van der Waals surface area (Å²) in [6, 6.07) is 11.0. The summed E-state index contributed by atoms with van der Waals surface area (Å²) in [5.74, 6) is 0.722. The third-order valence-corrected chi connectivity index (χ3v) is 4.07. The van der Waals surface area contributed by atoms with Crippen LogP contribution in [0.15, 0.2) is 36.4 Å². The quantitative estimate of drug-likeness (QED) is 0.750. The number of methoxy groups -OCH3 is 1. The largest absolute Gasteiger partial charge is 0.497 e. The topological polar surface area (TPSA) is 35.5 Å². The number of benzene rings is 1. The molecule has 0 spiro atoms. The molecule has 2 rings (SSSR count). The highest BCUT2D eigenvalue weighted by Gasteiger charge is 2.17. The van der Waals surface area contributed by atoms with Gasteiger partial charge in [-0.1, -0.05) is 23.7 Å². The zero-order valence-corrected chi connectivity index (χ0v) is 12.8. The molecule has 0 aliphatic heterocycles. The highest BCUT2D eigenvalue weighted by Crippen LogP contribution is 2.23. The van der Waals surface area contributed by atoms with Gasteiger partial charge in [0.05, 0.1) is 22.9 Å². The first-order chi connectivity index (χ1) is 9.60. The van der Waals surface area contributed by atoms with Gasteiger partial charge < -0.3 is 9.47 Å². The Morgan fingerprint density at radius 3 is 2.80 bits per heavy atom. The van der Waals surface area contributed by atoms with Crippen LogP contribution >= 0.6 is 22.9 Å². The predicted octanol–water partition coefficient (Wildman–Crippen LogP) is 4.20. The van der Waals surface area contributed by atoms with Crippen molar-refractivity contribution in [3.05, 3.63) is 51.2 Å². The molecule has 0 saturated carbocycles. The molecule has 0 amide bonds. The van der Waals surface area contributed by atoms with Crippen molar-refractivity contribution < 1.29 is 14.3 Å². The summed E-state index contributed by atoms with van der Waals surface area (Å²) in [6.07, 6.45) is -0.504. The lowest BCUT2D eigenvalue weighted by molar-refractivity contribution is 0.0415. The maximum atomic E-state index is 12.1. The van der Waals surface area contributed by atoms with E-state index >= 15 is 0 Å². The summed E-state index contributed by atoms with van der Waals surface area (Å²) in [7, 11) is 1.62. The number of carbonyl (C=O) groups is 1. The van der Waals surface area contributed by atoms with Gasteiger partial charge in [0.25, 0.3) is 0 Å². The number of halogens is 1. The molecule has 106 valence electrons. The molecule has 0 bridgehead atoms. The van der Waals surface area contributed by atoms with Gasteiger partial charge in [-0.3, -0.25) is 4.79 Å². The Balaban J connectivity index is 1.94. The first kappa shape index (κ1) is 15.0. The van der Waals surface area contributed by atoms with E-state index in [9.17, 15) is 4.79 Å². The second-order valence-corrected chi connectivity index (χ2v) is 5.99. The molecule has 0 fully saturated rings. The van der Waals surface area contributed by atoms with Crippen LogP contribution in [-0.2, 0) is 11.3 Å². The molecular weight excluding hydrogens is 296 g/mol. The first-order valence-electron chi connectivity index (χ1n) is 6.14. The lowest BCUT2D eigenvalue weighted by Crippen LogP contribution is -2.19. The van der Waals surface area contributed by atoms with Gasteiger partial charge >= 0.3 is 0 Å². The molecule has 0 saturated heterocycles. The minimum absolute atomic E-state index is 0.0511. The van der Waals surface area contributed by atoms with E-state index < -0.39 is 6.10 Å². The van der Waals surface area contributed by atoms with Gasteiger partial charge in [-0.25, -0.2) is 0 Å². The van der Waals surface area contributed by atoms with E-state index in [-0.39, 0.29) is 5.78 Å². The number of ether oxygens (including phenoxy) is 2. The van der Waals surface area contributed by atoms with Gasteiger partial charge in [-0.15, -0.1) is 11.3 Å². The van der Waals surface area contributed by atoms with Crippen LogP contribution in [0.25, 0.3) is 0 Å². The van der Waals surface area contributed by atoms with E-state index in [1.54, 1.807) is 26.2 Å². The van der Waals surface area contributed by atoms with Crippen molar-refractivity contribution in [2.45, 2.75) is 19.6 Å². The molecule has 1 aromatic heterocycles. The third-order valence-electron chi connectivity index (χ3n) is 2.82. The fourth-order valence-corrected chi connectivity index (χ4v) is 2.77. The standard InChI is InChI=1S/C15H15ClO3S/c1-10(15(17)13-6-7-14(16)20-13)19-9-11-4-3-5-12(8-11)18-2/h3-8,10H,9H2,1-2H3. The van der Waals surface area contributed by atoms with Crippen molar-refractivity contribution in [1.29, 1.82) is 0 Å². The molecule has 2 aromatic rings. The molecule has 1 unspecified atom stereocenters. The summed E-state index contributed by atoms with van der Waals surface area (Å²) in [6.45, 7) is 2.11. The van der Waals surface area contributed by atoms with Crippen LogP contribution in [0.5, 0.6) is 5.75 Å². The minimum atomic E-state index is -0.504. The maximum absolute atomic E-state index is 12.1. The van der Waals surface area contributed by atoms with Crippen molar-refractivity contribution >= 4 is 28.7 Å². The van der Waals surface area contributed by atoms with Crippen molar-refractivity contribution in [3.63, 3.8) is 0 Å². The number of rotatable bonds is 6. The number of hydrogen-bond donors (Lipinski definition) is 0. The molecule has 0 radical (unpaired) electrons. The zero-order valence-electron chi connectivity index (χ0n) is 11.3. The van der Waals surface area contributed by atoms with Gasteiger partial charge in [-0.05, 0) is 36.8 Å². The van der Waals surface area contributed by atoms with Crippen molar-refractivity contribution in [2.75, 3.05) is 7.11 Å². The van der Waals surface area contributed by atoms with Gasteiger partial charge in [0.1, 0.15) is 11.9 Å². The second-order valence-electron chi connectivity index (χ2n) is 4.27. The molecule has 5 heteroatoms. The number of Topliss-reactive ketones (excluding diaryl/α,β-unsaturated/α-hetero) is 1. The molecule has 20 heavy (non-hydrogen) atoms. The van der Waals surface area contributed by atoms with Crippen LogP contribution in [0.4, 0.5) is 0 Å². The number of thiophene rings is 1. The Bertz CT molecular complexity index is 594. The zero-order chi connectivity index (χ0) is 14.5. The van der Waals surface area contributed by atoms with Crippen molar-refractivity contribution in [3.8, 4) is 5.75 Å². The van der Waals surface area contributed by atoms with E-state index in [1.807, 2.05) is 24.3 Å². The SMILES string of the molecule is COc1cccc(COC(C)C(=O)c2ccc(Cl)s2)c1. The fourth-order valence-electron chi connectivity index (χ4n) is 1.71. The second kappa shape index (κ2) is 6.88. The Morgan fingerprint density at radius 2 is 2.15 bits per heavy atom. The predicted molar refractivity (Wildman–Crippen MR) is 80.9 cm³/mol. The Hall–Kier alpha value is -1.36. The molecule has 1 aromatic carbocycles. The maximum Gasteiger partial charge on any atom is 0.201 e. The summed E-state index contributed by atoms with van der Waals surface area (Å²) < 4.78 is 11.4. The summed E-state index contributed by atoms with van der Waals surface area (Å²) >= 11 is 7.09. The van der Waals surface area contributed by atoms with Crippen LogP contribution in [0, 0.1) is 0 Å². The minimum Gasteiger partial charge on any atom is -0.497 e. The smallest absolute Gasteiger partial charge is 0.201 e. The average Bonchev–Trinajstić information content (AvgIpc) is 2.90. The summed E-state index contributed by atoms with van der Waals surface area (Å²) in [5.41, 5.74) is 0.966. The van der Waals surface area contributed by atoms with Crippen molar-refractivity contribution in [1.82, 2.24) is 0 Å². The molecule has 0 aliphatic rings. The van der Waals surface area contributed by atoms with E-state index in [0.717, 1.165) is 11.3 Å². The van der Waals surface area contributed by atoms with Gasteiger partial charge in [-0.2, -0.15) is 0 Å². The highest BCUT2D eigenvalue weighted by atomic mass is 35.5. The number of carbonyl (C=O) groups excluding carboxylic acids is 1. The van der Waals surface area contributed by atoms with Crippen LogP contribution in [0.3, 0.4) is 0 Å². The summed E-state index contributed by atoms with van der Waals surface area (Å²) in [4.78, 5) is 12.7. The molecular formula is C15H15ClO3S. The average molecular weight is 311 g/mol. The van der Waals surface area contributed by atoms with Crippen molar-refractivity contribution in [2.24, 2.45) is 0 Å². The number of ketones is 1. The van der Waals surface area contributed by atoms with Crippen LogP contribution in [0.2, 0.25) is 4.34 Å². The molecule has 0 aliphatic carbocycles. The van der Waals surface area contributed by atoms with E-state index in [4.69, 9.17) is 21.1 Å². The van der Waals surface area contributed by atoms with Crippen LogP contribution in [-0.4, -0.2) is 19.0 Å². The third kappa shape index (κ3) is 3.82. The van der Waals surface area contributed by atoms with Crippen LogP contribution in [0.1, 0.15) is 22.2 Å². The van der Waals surface area contributed by atoms with Gasteiger partial charge in [0.15, 0.2) is 0 Å². The Labute approximate surface area is 127 Å². The normalized spacial score (nSPS) is 12.2. The number of hydrogen-bond acceptors (Lipinski definition) is 4. The summed E-state index contributed by atoms with van der Waals surface area (Å²) in [5, 5.41) is 0. The Kier molecular flexibility index (Phi) is 5.17. The molecule has 1 atom stereocenters. The van der Waals surface area contributed by atoms with Gasteiger partial charge in [0.2, 0.25) is 5.78 Å². The van der Waals surface area contributed by atoms with E-state index in [1.165, 1.54) is 11.3 Å². The molecule has 0 N–H and O–H groups in total. The highest BCUT2D eigenvalue weighted by molar-refractivity contribution is 7.18. The van der Waals surface area contributed by atoms with Gasteiger partial charge in [0, 0.05) is 0 Å². The fraction of sp³-hybridized carbons (Fsp3) is 0.267. The monoisotopic (exact) mass is 310 g/mol. The molecule has 3 nitrogen and oxygen atoms in total. The van der Waals surface area contributed by atoms with E-state index in [2.05, 4.69) is 0 Å². The molecule has 1 heterocycles. The Morgan fingerprint density at radius 1 is 1.35 bits per heavy atom.